The molecule has 1 aliphatic carbocycles. The molecule has 1 aromatic heterocycles. The Bertz CT molecular complexity index is 356. The molecule has 3 nitrogen and oxygen atoms in total. The van der Waals surface area contributed by atoms with Gasteiger partial charge in [0.05, 0.1) is 18.4 Å². The van der Waals surface area contributed by atoms with Crippen molar-refractivity contribution in [2.45, 2.75) is 71.2 Å². The van der Waals surface area contributed by atoms with Crippen LogP contribution < -0.4 is 5.32 Å². The molecule has 1 saturated carbocycles. The Balaban J connectivity index is 1.74. The molecule has 0 saturated heterocycles. The van der Waals surface area contributed by atoms with Gasteiger partial charge in [-0.3, -0.25) is 4.98 Å². The molecule has 0 radical (unpaired) electrons. The second kappa shape index (κ2) is 7.61. The summed E-state index contributed by atoms with van der Waals surface area (Å²) in [5.41, 5.74) is 2.27. The van der Waals surface area contributed by atoms with E-state index >= 15 is 0 Å². The predicted molar refractivity (Wildman–Crippen MR) is 77.9 cm³/mol. The zero-order chi connectivity index (χ0) is 13.5. The van der Waals surface area contributed by atoms with Crippen LogP contribution >= 0.6 is 0 Å². The number of nitrogens with zero attached hydrogens (tertiary/aromatic N) is 1. The summed E-state index contributed by atoms with van der Waals surface area (Å²) in [6.07, 6.45) is 8.85. The van der Waals surface area contributed by atoms with Gasteiger partial charge in [-0.05, 0) is 24.5 Å². The quantitative estimate of drug-likeness (QED) is 0.853. The maximum absolute atomic E-state index is 5.93. The van der Waals surface area contributed by atoms with Crippen LogP contribution in [0.1, 0.15) is 57.2 Å². The van der Waals surface area contributed by atoms with Crippen LogP contribution in [0.2, 0.25) is 0 Å². The molecule has 0 amide bonds. The number of pyridine rings is 1. The first-order valence-electron chi connectivity index (χ1n) is 7.53. The fourth-order valence-electron chi connectivity index (χ4n) is 2.40. The minimum absolute atomic E-state index is 0.456. The monoisotopic (exact) mass is 262 g/mol. The van der Waals surface area contributed by atoms with E-state index in [9.17, 15) is 0 Å². The minimum atomic E-state index is 0.456. The lowest BCUT2D eigenvalue weighted by atomic mass is 9.98. The van der Waals surface area contributed by atoms with Gasteiger partial charge in [0, 0.05) is 18.8 Å². The summed E-state index contributed by atoms with van der Waals surface area (Å²) in [5.74, 6) is 0. The number of hydrogen-bond donors (Lipinski definition) is 1. The topological polar surface area (TPSA) is 34.1 Å². The molecule has 0 atom stereocenters. The fraction of sp³-hybridized carbons (Fsp3) is 0.688. The lowest BCUT2D eigenvalue weighted by Gasteiger charge is -2.21. The second-order valence-corrected chi connectivity index (χ2v) is 5.76. The highest BCUT2D eigenvalue weighted by molar-refractivity contribution is 5.13. The molecule has 1 aliphatic rings. The molecule has 3 heteroatoms. The maximum Gasteiger partial charge on any atom is 0.0891 e. The highest BCUT2D eigenvalue weighted by Gasteiger charge is 2.13. The standard InChI is InChI=1S/C16H26N2O/c1-13(2)17-10-14-8-9-15(18-11-14)12-19-16-6-4-3-5-7-16/h8-9,11,13,16-17H,3-7,10,12H2,1-2H3. The molecule has 1 fully saturated rings. The van der Waals surface area contributed by atoms with Gasteiger partial charge in [0.1, 0.15) is 0 Å². The summed E-state index contributed by atoms with van der Waals surface area (Å²) < 4.78 is 5.93. The molecule has 0 aromatic carbocycles. The molecule has 0 aliphatic heterocycles. The molecule has 1 heterocycles. The summed E-state index contributed by atoms with van der Waals surface area (Å²) in [6.45, 7) is 5.84. The number of hydrogen-bond acceptors (Lipinski definition) is 3. The molecule has 0 bridgehead atoms. The maximum atomic E-state index is 5.93. The Morgan fingerprint density at radius 1 is 1.26 bits per heavy atom. The molecule has 1 aromatic rings. The Labute approximate surface area is 116 Å². The predicted octanol–water partition coefficient (Wildman–Crippen LogP) is 3.43. The molecular formula is C16H26N2O. The Hall–Kier alpha value is -0.930. The van der Waals surface area contributed by atoms with Crippen molar-refractivity contribution in [2.24, 2.45) is 0 Å². The van der Waals surface area contributed by atoms with Gasteiger partial charge in [0.2, 0.25) is 0 Å². The van der Waals surface area contributed by atoms with E-state index in [1.807, 2.05) is 6.20 Å². The minimum Gasteiger partial charge on any atom is -0.372 e. The van der Waals surface area contributed by atoms with Crippen molar-refractivity contribution < 1.29 is 4.74 Å². The van der Waals surface area contributed by atoms with Crippen molar-refractivity contribution in [1.82, 2.24) is 10.3 Å². The van der Waals surface area contributed by atoms with Crippen LogP contribution in [0, 0.1) is 0 Å². The lowest BCUT2D eigenvalue weighted by molar-refractivity contribution is 0.0152. The van der Waals surface area contributed by atoms with Crippen LogP contribution in [-0.2, 0) is 17.9 Å². The van der Waals surface area contributed by atoms with Crippen LogP contribution in [0.4, 0.5) is 0 Å². The summed E-state index contributed by atoms with van der Waals surface area (Å²) in [5, 5.41) is 3.39. The van der Waals surface area contributed by atoms with E-state index in [2.05, 4.69) is 36.3 Å². The van der Waals surface area contributed by atoms with Crippen molar-refractivity contribution >= 4 is 0 Å². The highest BCUT2D eigenvalue weighted by atomic mass is 16.5. The summed E-state index contributed by atoms with van der Waals surface area (Å²) >= 11 is 0. The highest BCUT2D eigenvalue weighted by Crippen LogP contribution is 2.21. The van der Waals surface area contributed by atoms with E-state index in [0.29, 0.717) is 18.8 Å². The third-order valence-corrected chi connectivity index (χ3v) is 3.62. The van der Waals surface area contributed by atoms with Crippen LogP contribution in [0.3, 0.4) is 0 Å². The Morgan fingerprint density at radius 2 is 2.05 bits per heavy atom. The van der Waals surface area contributed by atoms with E-state index in [0.717, 1.165) is 12.2 Å². The van der Waals surface area contributed by atoms with Gasteiger partial charge >= 0.3 is 0 Å². The largest absolute Gasteiger partial charge is 0.372 e. The summed E-state index contributed by atoms with van der Waals surface area (Å²) in [7, 11) is 0. The molecule has 0 spiro atoms. The first kappa shape index (κ1) is 14.5. The summed E-state index contributed by atoms with van der Waals surface area (Å²) in [4.78, 5) is 4.48. The van der Waals surface area contributed by atoms with Crippen molar-refractivity contribution in [2.75, 3.05) is 0 Å². The number of nitrogens with one attached hydrogen (secondary N) is 1. The Kier molecular flexibility index (Phi) is 5.80. The smallest absolute Gasteiger partial charge is 0.0891 e. The zero-order valence-electron chi connectivity index (χ0n) is 12.2. The van der Waals surface area contributed by atoms with Gasteiger partial charge in [-0.25, -0.2) is 0 Å². The molecule has 106 valence electrons. The normalized spacial score (nSPS) is 17.0. The van der Waals surface area contributed by atoms with Crippen molar-refractivity contribution in [3.05, 3.63) is 29.6 Å². The van der Waals surface area contributed by atoms with Gasteiger partial charge in [-0.2, -0.15) is 0 Å². The van der Waals surface area contributed by atoms with E-state index in [1.165, 1.54) is 37.7 Å². The first-order valence-corrected chi connectivity index (χ1v) is 7.53. The van der Waals surface area contributed by atoms with Gasteiger partial charge in [-0.15, -0.1) is 0 Å². The van der Waals surface area contributed by atoms with Crippen LogP contribution in [0.25, 0.3) is 0 Å². The van der Waals surface area contributed by atoms with E-state index in [1.54, 1.807) is 0 Å². The van der Waals surface area contributed by atoms with E-state index in [4.69, 9.17) is 4.74 Å². The van der Waals surface area contributed by atoms with E-state index < -0.39 is 0 Å². The number of ether oxygens (including phenoxy) is 1. The molecule has 2 rings (SSSR count). The second-order valence-electron chi connectivity index (χ2n) is 5.76. The van der Waals surface area contributed by atoms with Crippen molar-refractivity contribution in [1.29, 1.82) is 0 Å². The van der Waals surface area contributed by atoms with E-state index in [-0.39, 0.29) is 0 Å². The lowest BCUT2D eigenvalue weighted by Crippen LogP contribution is -2.22. The Morgan fingerprint density at radius 3 is 2.68 bits per heavy atom. The number of aromatic nitrogens is 1. The zero-order valence-corrected chi connectivity index (χ0v) is 12.2. The van der Waals surface area contributed by atoms with Gasteiger partial charge < -0.3 is 10.1 Å². The molecular weight excluding hydrogens is 236 g/mol. The SMILES string of the molecule is CC(C)NCc1ccc(COC2CCCCC2)nc1. The average molecular weight is 262 g/mol. The van der Waals surface area contributed by atoms with Crippen LogP contribution in [0.15, 0.2) is 18.3 Å². The van der Waals surface area contributed by atoms with Gasteiger partial charge in [0.15, 0.2) is 0 Å². The first-order chi connectivity index (χ1) is 9.24. The van der Waals surface area contributed by atoms with Gasteiger partial charge in [-0.1, -0.05) is 39.2 Å². The molecule has 0 unspecified atom stereocenters. The summed E-state index contributed by atoms with van der Waals surface area (Å²) in [6, 6.07) is 4.73. The fourth-order valence-corrected chi connectivity index (χ4v) is 2.40. The third kappa shape index (κ3) is 5.29. The molecule has 1 N–H and O–H groups in total. The van der Waals surface area contributed by atoms with Crippen molar-refractivity contribution in [3.8, 4) is 0 Å². The molecule has 19 heavy (non-hydrogen) atoms. The number of rotatable bonds is 6. The van der Waals surface area contributed by atoms with Crippen molar-refractivity contribution in [3.63, 3.8) is 0 Å². The van der Waals surface area contributed by atoms with Crippen LogP contribution in [-0.4, -0.2) is 17.1 Å². The van der Waals surface area contributed by atoms with Crippen LogP contribution in [0.5, 0.6) is 0 Å². The van der Waals surface area contributed by atoms with Gasteiger partial charge in [0.25, 0.3) is 0 Å². The average Bonchev–Trinajstić information content (AvgIpc) is 2.45. The third-order valence-electron chi connectivity index (χ3n) is 3.62.